The highest BCUT2D eigenvalue weighted by Gasteiger charge is 2.19. The van der Waals surface area contributed by atoms with Gasteiger partial charge in [0.1, 0.15) is 0 Å². The van der Waals surface area contributed by atoms with E-state index >= 15 is 0 Å². The van der Waals surface area contributed by atoms with Crippen molar-refractivity contribution in [3.05, 3.63) is 111 Å². The summed E-state index contributed by atoms with van der Waals surface area (Å²) in [6, 6.07) is 19.8. The predicted molar refractivity (Wildman–Crippen MR) is 145 cm³/mol. The third-order valence-electron chi connectivity index (χ3n) is 5.77. The van der Waals surface area contributed by atoms with Crippen LogP contribution < -0.4 is 19.6 Å². The van der Waals surface area contributed by atoms with E-state index in [9.17, 15) is 19.7 Å². The maximum atomic E-state index is 12.6. The molecule has 0 aliphatic rings. The second-order valence-corrected chi connectivity index (χ2v) is 8.46. The first-order valence-electron chi connectivity index (χ1n) is 11.9. The van der Waals surface area contributed by atoms with Gasteiger partial charge < -0.3 is 24.3 Å². The Bertz CT molecular complexity index is 1540. The topological polar surface area (TPSA) is 147 Å². The van der Waals surface area contributed by atoms with Gasteiger partial charge in [-0.05, 0) is 53.8 Å². The Balaban J connectivity index is 1.41. The van der Waals surface area contributed by atoms with Gasteiger partial charge in [-0.2, -0.15) is 9.78 Å². The molecular formula is C28H25N5O7. The van der Waals surface area contributed by atoms with Gasteiger partial charge in [-0.15, -0.1) is 0 Å². The molecule has 12 heteroatoms. The summed E-state index contributed by atoms with van der Waals surface area (Å²) in [6.07, 6.45) is 1.40. The summed E-state index contributed by atoms with van der Waals surface area (Å²) >= 11 is 0. The molecule has 4 aromatic rings. The molecule has 0 aliphatic heterocycles. The minimum Gasteiger partial charge on any atom is -0.493 e. The highest BCUT2D eigenvalue weighted by atomic mass is 16.6. The smallest absolute Gasteiger partial charge is 0.390 e. The van der Waals surface area contributed by atoms with Gasteiger partial charge in [0.2, 0.25) is 5.75 Å². The standard InChI is InChI=1S/C28H25N5O7/c1-18-13-25(33(36)37)31-32(18)17-19-9-11-21(12-10-19)27(34)30-29-16-20-14-23(38-2)26(24(15-20)39-3)40-28(35)22-7-5-4-6-8-22/h4-16H,17H2,1-3H3,(H,30,34)/b29-16-. The zero-order valence-electron chi connectivity index (χ0n) is 21.9. The number of hydrogen-bond donors (Lipinski definition) is 1. The lowest BCUT2D eigenvalue weighted by molar-refractivity contribution is -0.389. The maximum absolute atomic E-state index is 12.6. The number of hydrazone groups is 1. The van der Waals surface area contributed by atoms with Crippen LogP contribution in [0, 0.1) is 17.0 Å². The lowest BCUT2D eigenvalue weighted by Crippen LogP contribution is -2.17. The van der Waals surface area contributed by atoms with Crippen molar-refractivity contribution in [1.29, 1.82) is 0 Å². The van der Waals surface area contributed by atoms with E-state index in [1.165, 1.54) is 31.2 Å². The molecule has 204 valence electrons. The van der Waals surface area contributed by atoms with Crippen molar-refractivity contribution in [2.24, 2.45) is 5.10 Å². The fraction of sp³-hybridized carbons (Fsp3) is 0.143. The Morgan fingerprint density at radius 2 is 1.65 bits per heavy atom. The van der Waals surface area contributed by atoms with E-state index in [0.29, 0.717) is 28.9 Å². The van der Waals surface area contributed by atoms with E-state index in [-0.39, 0.29) is 23.1 Å². The molecule has 0 radical (unpaired) electrons. The molecule has 0 saturated heterocycles. The molecule has 0 aliphatic carbocycles. The number of esters is 1. The van der Waals surface area contributed by atoms with Crippen LogP contribution in [0.5, 0.6) is 17.2 Å². The molecule has 0 atom stereocenters. The quantitative estimate of drug-likeness (QED) is 0.103. The molecule has 3 aromatic carbocycles. The summed E-state index contributed by atoms with van der Waals surface area (Å²) in [5.41, 5.74) is 5.17. The number of amides is 1. The number of nitrogens with zero attached hydrogens (tertiary/aromatic N) is 4. The zero-order valence-corrected chi connectivity index (χ0v) is 21.9. The summed E-state index contributed by atoms with van der Waals surface area (Å²) in [5.74, 6) is -0.641. The number of ether oxygens (including phenoxy) is 3. The molecule has 12 nitrogen and oxygen atoms in total. The zero-order chi connectivity index (χ0) is 28.6. The number of nitro groups is 1. The number of hydrogen-bond acceptors (Lipinski definition) is 9. The average molecular weight is 544 g/mol. The number of aromatic nitrogens is 2. The van der Waals surface area contributed by atoms with E-state index in [1.54, 1.807) is 73.7 Å². The number of rotatable bonds is 10. The second kappa shape index (κ2) is 12.3. The number of methoxy groups -OCH3 is 2. The molecule has 1 aromatic heterocycles. The Morgan fingerprint density at radius 1 is 1.00 bits per heavy atom. The van der Waals surface area contributed by atoms with Gasteiger partial charge in [-0.1, -0.05) is 30.3 Å². The molecule has 1 N–H and O–H groups in total. The monoisotopic (exact) mass is 543 g/mol. The highest BCUT2D eigenvalue weighted by molar-refractivity contribution is 5.95. The largest absolute Gasteiger partial charge is 0.493 e. The Morgan fingerprint density at radius 3 is 2.23 bits per heavy atom. The highest BCUT2D eigenvalue weighted by Crippen LogP contribution is 2.38. The van der Waals surface area contributed by atoms with Crippen molar-refractivity contribution in [2.45, 2.75) is 13.5 Å². The summed E-state index contributed by atoms with van der Waals surface area (Å²) in [4.78, 5) is 35.5. The maximum Gasteiger partial charge on any atom is 0.390 e. The van der Waals surface area contributed by atoms with Crippen LogP contribution in [-0.4, -0.2) is 47.0 Å². The number of carbonyl (C=O) groups is 2. The van der Waals surface area contributed by atoms with Gasteiger partial charge in [0.15, 0.2) is 11.5 Å². The SMILES string of the molecule is COc1cc(/C=N\NC(=O)c2ccc(Cn3nc([N+](=O)[O-])cc3C)cc2)cc(OC)c1OC(=O)c1ccccc1. The third-order valence-corrected chi connectivity index (χ3v) is 5.77. The van der Waals surface area contributed by atoms with E-state index in [1.807, 2.05) is 0 Å². The van der Waals surface area contributed by atoms with Crippen LogP contribution in [-0.2, 0) is 6.54 Å². The van der Waals surface area contributed by atoms with Crippen LogP contribution in [0.25, 0.3) is 0 Å². The van der Waals surface area contributed by atoms with Crippen molar-refractivity contribution in [2.75, 3.05) is 14.2 Å². The molecule has 0 bridgehead atoms. The van der Waals surface area contributed by atoms with Crippen LogP contribution in [0.1, 0.15) is 37.5 Å². The van der Waals surface area contributed by atoms with E-state index < -0.39 is 16.8 Å². The number of nitrogens with one attached hydrogen (secondary N) is 1. The van der Waals surface area contributed by atoms with Crippen molar-refractivity contribution in [1.82, 2.24) is 15.2 Å². The molecular weight excluding hydrogens is 518 g/mol. The van der Waals surface area contributed by atoms with E-state index in [0.717, 1.165) is 5.56 Å². The van der Waals surface area contributed by atoms with Crippen LogP contribution in [0.4, 0.5) is 5.82 Å². The minimum atomic E-state index is -0.571. The van der Waals surface area contributed by atoms with Crippen molar-refractivity contribution >= 4 is 23.9 Å². The van der Waals surface area contributed by atoms with Crippen LogP contribution in [0.3, 0.4) is 0 Å². The molecule has 1 amide bonds. The number of benzene rings is 3. The van der Waals surface area contributed by atoms with Gasteiger partial charge in [0, 0.05) is 11.1 Å². The number of carbonyl (C=O) groups excluding carboxylic acids is 2. The predicted octanol–water partition coefficient (Wildman–Crippen LogP) is 4.15. The Kier molecular flexibility index (Phi) is 8.49. The molecule has 0 fully saturated rings. The fourth-order valence-corrected chi connectivity index (χ4v) is 3.71. The summed E-state index contributed by atoms with van der Waals surface area (Å²) in [7, 11) is 2.85. The normalized spacial score (nSPS) is 10.8. The molecule has 0 spiro atoms. The van der Waals surface area contributed by atoms with Crippen LogP contribution in [0.15, 0.2) is 77.9 Å². The lowest BCUT2D eigenvalue weighted by Gasteiger charge is -2.14. The summed E-state index contributed by atoms with van der Waals surface area (Å²) in [6.45, 7) is 2.05. The third kappa shape index (κ3) is 6.48. The Labute approximate surface area is 228 Å². The van der Waals surface area contributed by atoms with Crippen molar-refractivity contribution < 1.29 is 28.7 Å². The van der Waals surface area contributed by atoms with Gasteiger partial charge >= 0.3 is 11.8 Å². The first kappa shape index (κ1) is 27.5. The van der Waals surface area contributed by atoms with Gasteiger partial charge in [-0.25, -0.2) is 10.2 Å². The average Bonchev–Trinajstić information content (AvgIpc) is 3.34. The minimum absolute atomic E-state index is 0.111. The molecule has 40 heavy (non-hydrogen) atoms. The molecule has 1 heterocycles. The first-order chi connectivity index (χ1) is 19.3. The van der Waals surface area contributed by atoms with Gasteiger partial charge in [0.25, 0.3) is 5.91 Å². The molecule has 4 rings (SSSR count). The van der Waals surface area contributed by atoms with Crippen LogP contribution in [0.2, 0.25) is 0 Å². The Hall–Kier alpha value is -5.52. The summed E-state index contributed by atoms with van der Waals surface area (Å²) < 4.78 is 17.8. The summed E-state index contributed by atoms with van der Waals surface area (Å²) in [5, 5.41) is 18.9. The van der Waals surface area contributed by atoms with Crippen LogP contribution >= 0.6 is 0 Å². The van der Waals surface area contributed by atoms with Gasteiger partial charge in [0.05, 0.1) is 49.4 Å². The second-order valence-electron chi connectivity index (χ2n) is 8.46. The molecule has 0 unspecified atom stereocenters. The molecule has 0 saturated carbocycles. The van der Waals surface area contributed by atoms with Crippen molar-refractivity contribution in [3.63, 3.8) is 0 Å². The first-order valence-corrected chi connectivity index (χ1v) is 11.9. The van der Waals surface area contributed by atoms with E-state index in [2.05, 4.69) is 15.6 Å². The number of aryl methyl sites for hydroxylation is 1. The van der Waals surface area contributed by atoms with E-state index in [4.69, 9.17) is 14.2 Å². The van der Waals surface area contributed by atoms with Crippen molar-refractivity contribution in [3.8, 4) is 17.2 Å². The fourth-order valence-electron chi connectivity index (χ4n) is 3.71. The lowest BCUT2D eigenvalue weighted by atomic mass is 10.1. The van der Waals surface area contributed by atoms with Gasteiger partial charge in [-0.3, -0.25) is 4.79 Å².